The Balaban J connectivity index is 1.15. The molecule has 42 heavy (non-hydrogen) atoms. The Morgan fingerprint density at radius 2 is 1.40 bits per heavy atom. The minimum Gasteiger partial charge on any atom is -0.497 e. The molecule has 4 rings (SSSR count). The number of ether oxygens (including phenoxy) is 3. The molecule has 0 radical (unpaired) electrons. The van der Waals surface area contributed by atoms with Crippen LogP contribution in [0.5, 0.6) is 5.75 Å². The Kier molecular flexibility index (Phi) is 13.1. The van der Waals surface area contributed by atoms with E-state index in [-0.39, 0.29) is 5.91 Å². The van der Waals surface area contributed by atoms with Crippen molar-refractivity contribution in [1.82, 2.24) is 20.3 Å². The van der Waals surface area contributed by atoms with E-state index in [1.54, 1.807) is 19.2 Å². The summed E-state index contributed by atoms with van der Waals surface area (Å²) in [5.41, 5.74) is 1.84. The highest BCUT2D eigenvalue weighted by molar-refractivity contribution is 5.94. The summed E-state index contributed by atoms with van der Waals surface area (Å²) in [4.78, 5) is 25.8. The molecule has 0 aliphatic heterocycles. The fraction of sp³-hybridized carbons (Fsp3) is 0.484. The standard InChI is InChI=1S/C31H43N7O4/c1-40-27-14-12-24(13-15-27)16-17-33-29-36-30(38-31(37-29)35-26-10-6-3-7-11-26)34-19-21-42-23-22-41-20-18-32-28(39)25-8-4-2-5-9-25/h2,4-5,8-9,12-15,26H,3,6-7,10-11,16-23H2,1H3,(H,32,39)(H3,33,34,35,36,37,38). The lowest BCUT2D eigenvalue weighted by molar-refractivity contribution is 0.0519. The van der Waals surface area contributed by atoms with Gasteiger partial charge >= 0.3 is 0 Å². The number of hydrogen-bond donors (Lipinski definition) is 4. The highest BCUT2D eigenvalue weighted by Gasteiger charge is 2.15. The number of carbonyl (C=O) groups excluding carboxylic acids is 1. The molecular formula is C31H43N7O4. The molecule has 0 saturated heterocycles. The smallest absolute Gasteiger partial charge is 0.251 e. The topological polar surface area (TPSA) is 132 Å². The van der Waals surface area contributed by atoms with Gasteiger partial charge in [-0.1, -0.05) is 49.6 Å². The van der Waals surface area contributed by atoms with E-state index in [1.165, 1.54) is 24.8 Å². The molecule has 1 saturated carbocycles. The van der Waals surface area contributed by atoms with Crippen molar-refractivity contribution < 1.29 is 19.0 Å². The number of benzene rings is 2. The Morgan fingerprint density at radius 1 is 0.762 bits per heavy atom. The lowest BCUT2D eigenvalue weighted by Crippen LogP contribution is -2.27. The van der Waals surface area contributed by atoms with E-state index in [0.717, 1.165) is 25.0 Å². The first-order valence-corrected chi connectivity index (χ1v) is 14.8. The quantitative estimate of drug-likeness (QED) is 0.164. The average molecular weight is 578 g/mol. The molecule has 1 heterocycles. The van der Waals surface area contributed by atoms with Crippen LogP contribution >= 0.6 is 0 Å². The third-order valence-electron chi connectivity index (χ3n) is 6.90. The molecule has 11 nitrogen and oxygen atoms in total. The highest BCUT2D eigenvalue weighted by atomic mass is 16.5. The maximum absolute atomic E-state index is 12.0. The monoisotopic (exact) mass is 577 g/mol. The van der Waals surface area contributed by atoms with Crippen molar-refractivity contribution in [3.8, 4) is 5.75 Å². The van der Waals surface area contributed by atoms with E-state index in [2.05, 4.69) is 48.4 Å². The molecule has 11 heteroatoms. The number of aromatic nitrogens is 3. The first kappa shape index (κ1) is 31.0. The van der Waals surface area contributed by atoms with Gasteiger partial charge in [-0.2, -0.15) is 15.0 Å². The van der Waals surface area contributed by atoms with Gasteiger partial charge in [-0.15, -0.1) is 0 Å². The first-order chi connectivity index (χ1) is 20.7. The Hall–Kier alpha value is -3.96. The van der Waals surface area contributed by atoms with Crippen LogP contribution in [-0.2, 0) is 15.9 Å². The number of methoxy groups -OCH3 is 1. The van der Waals surface area contributed by atoms with Crippen molar-refractivity contribution >= 4 is 23.8 Å². The maximum atomic E-state index is 12.0. The number of amides is 1. The van der Waals surface area contributed by atoms with Crippen molar-refractivity contribution in [2.75, 3.05) is 69.1 Å². The molecule has 0 bridgehead atoms. The Morgan fingerprint density at radius 3 is 2.10 bits per heavy atom. The van der Waals surface area contributed by atoms with Gasteiger partial charge in [0.15, 0.2) is 0 Å². The third-order valence-corrected chi connectivity index (χ3v) is 6.90. The largest absolute Gasteiger partial charge is 0.497 e. The fourth-order valence-electron chi connectivity index (χ4n) is 4.62. The van der Waals surface area contributed by atoms with Crippen LogP contribution in [-0.4, -0.2) is 80.1 Å². The molecule has 4 N–H and O–H groups in total. The van der Waals surface area contributed by atoms with Gasteiger partial charge in [0.1, 0.15) is 5.75 Å². The lowest BCUT2D eigenvalue weighted by Gasteiger charge is -2.23. The molecule has 1 amide bonds. The minimum atomic E-state index is -0.104. The molecule has 1 aliphatic carbocycles. The highest BCUT2D eigenvalue weighted by Crippen LogP contribution is 2.21. The Labute approximate surface area is 248 Å². The van der Waals surface area contributed by atoms with Gasteiger partial charge in [0.25, 0.3) is 5.91 Å². The summed E-state index contributed by atoms with van der Waals surface area (Å²) in [6.07, 6.45) is 6.83. The summed E-state index contributed by atoms with van der Waals surface area (Å²) >= 11 is 0. The van der Waals surface area contributed by atoms with Gasteiger partial charge in [0, 0.05) is 31.2 Å². The molecule has 1 fully saturated rings. The SMILES string of the molecule is COc1ccc(CCNc2nc(NCCOCCOCCNC(=O)c3ccccc3)nc(NC3CCCCC3)n2)cc1. The Bertz CT molecular complexity index is 1190. The molecule has 0 unspecified atom stereocenters. The predicted octanol–water partition coefficient (Wildman–Crippen LogP) is 4.15. The van der Waals surface area contributed by atoms with Crippen molar-refractivity contribution in [3.63, 3.8) is 0 Å². The molecule has 2 aromatic carbocycles. The van der Waals surface area contributed by atoms with E-state index in [0.29, 0.717) is 75.5 Å². The van der Waals surface area contributed by atoms with Gasteiger partial charge in [-0.05, 0) is 49.1 Å². The van der Waals surface area contributed by atoms with E-state index >= 15 is 0 Å². The molecule has 0 atom stereocenters. The van der Waals surface area contributed by atoms with Crippen LogP contribution in [0.15, 0.2) is 54.6 Å². The van der Waals surface area contributed by atoms with E-state index in [1.807, 2.05) is 30.3 Å². The van der Waals surface area contributed by atoms with Gasteiger partial charge < -0.3 is 35.5 Å². The van der Waals surface area contributed by atoms with Crippen LogP contribution < -0.4 is 26.0 Å². The minimum absolute atomic E-state index is 0.104. The van der Waals surface area contributed by atoms with E-state index in [9.17, 15) is 4.79 Å². The normalized spacial score (nSPS) is 13.4. The fourth-order valence-corrected chi connectivity index (χ4v) is 4.62. The van der Waals surface area contributed by atoms with Crippen LogP contribution in [0, 0.1) is 0 Å². The van der Waals surface area contributed by atoms with Crippen LogP contribution in [0.25, 0.3) is 0 Å². The average Bonchev–Trinajstić information content (AvgIpc) is 3.03. The molecule has 226 valence electrons. The number of anilines is 3. The summed E-state index contributed by atoms with van der Waals surface area (Å²) in [5.74, 6) is 2.36. The predicted molar refractivity (Wildman–Crippen MR) is 164 cm³/mol. The summed E-state index contributed by atoms with van der Waals surface area (Å²) in [7, 11) is 1.67. The second-order valence-electron chi connectivity index (χ2n) is 10.1. The van der Waals surface area contributed by atoms with Crippen LogP contribution in [0.3, 0.4) is 0 Å². The van der Waals surface area contributed by atoms with Crippen LogP contribution in [0.4, 0.5) is 17.8 Å². The molecule has 1 aliphatic rings. The number of hydrogen-bond acceptors (Lipinski definition) is 10. The second kappa shape index (κ2) is 17.8. The molecule has 3 aromatic rings. The molecule has 0 spiro atoms. The van der Waals surface area contributed by atoms with Crippen molar-refractivity contribution in [3.05, 3.63) is 65.7 Å². The summed E-state index contributed by atoms with van der Waals surface area (Å²) in [6, 6.07) is 17.6. The van der Waals surface area contributed by atoms with Crippen molar-refractivity contribution in [2.24, 2.45) is 0 Å². The summed E-state index contributed by atoms with van der Waals surface area (Å²) in [6.45, 7) is 3.50. The number of nitrogens with one attached hydrogen (secondary N) is 4. The third kappa shape index (κ3) is 11.1. The maximum Gasteiger partial charge on any atom is 0.251 e. The lowest BCUT2D eigenvalue weighted by atomic mass is 9.96. The van der Waals surface area contributed by atoms with Crippen LogP contribution in [0.2, 0.25) is 0 Å². The summed E-state index contributed by atoms with van der Waals surface area (Å²) in [5, 5.41) is 12.9. The zero-order chi connectivity index (χ0) is 29.2. The van der Waals surface area contributed by atoms with E-state index < -0.39 is 0 Å². The van der Waals surface area contributed by atoms with E-state index in [4.69, 9.17) is 14.2 Å². The van der Waals surface area contributed by atoms with Crippen LogP contribution in [0.1, 0.15) is 48.0 Å². The van der Waals surface area contributed by atoms with Gasteiger partial charge in [-0.3, -0.25) is 4.79 Å². The van der Waals surface area contributed by atoms with Gasteiger partial charge in [0.2, 0.25) is 17.8 Å². The number of nitrogens with zero attached hydrogens (tertiary/aromatic N) is 3. The number of rotatable bonds is 18. The van der Waals surface area contributed by atoms with Crippen molar-refractivity contribution in [1.29, 1.82) is 0 Å². The van der Waals surface area contributed by atoms with Gasteiger partial charge in [0.05, 0.1) is 33.5 Å². The zero-order valence-electron chi connectivity index (χ0n) is 24.4. The number of carbonyl (C=O) groups is 1. The molecular weight excluding hydrogens is 534 g/mol. The second-order valence-corrected chi connectivity index (χ2v) is 10.1. The molecule has 1 aromatic heterocycles. The van der Waals surface area contributed by atoms with Gasteiger partial charge in [-0.25, -0.2) is 0 Å². The zero-order valence-corrected chi connectivity index (χ0v) is 24.4. The van der Waals surface area contributed by atoms with Crippen molar-refractivity contribution in [2.45, 2.75) is 44.6 Å². The summed E-state index contributed by atoms with van der Waals surface area (Å²) < 4.78 is 16.5. The first-order valence-electron chi connectivity index (χ1n) is 14.8.